The predicted molar refractivity (Wildman–Crippen MR) is 135 cm³/mol. The highest BCUT2D eigenvalue weighted by Gasteiger charge is 2.32. The maximum atomic E-state index is 12.2. The Hall–Kier alpha value is -4.48. The standard InChI is InChI=1S/C27H32O12/c1-15(28)35-13-19-8-9-21(22(10-19)32-5)39-25(14-36-16(2)29)26(37-17(3)30)20-11-23(33-6)27(38-18(4)31)24(12-20)34-7/h8-12,25-26H,13-14H2,1-7H3. The first-order valence-corrected chi connectivity index (χ1v) is 11.7. The third-order valence-electron chi connectivity index (χ3n) is 5.09. The van der Waals surface area contributed by atoms with Crippen molar-refractivity contribution in [2.45, 2.75) is 46.5 Å². The van der Waals surface area contributed by atoms with E-state index in [1.807, 2.05) is 0 Å². The zero-order valence-electron chi connectivity index (χ0n) is 22.9. The Morgan fingerprint density at radius 1 is 0.692 bits per heavy atom. The number of ether oxygens (including phenoxy) is 8. The molecule has 12 nitrogen and oxygen atoms in total. The van der Waals surface area contributed by atoms with E-state index in [0.29, 0.717) is 11.1 Å². The van der Waals surface area contributed by atoms with Crippen LogP contribution in [0.25, 0.3) is 0 Å². The van der Waals surface area contributed by atoms with Crippen molar-refractivity contribution >= 4 is 23.9 Å². The van der Waals surface area contributed by atoms with E-state index in [-0.39, 0.29) is 42.0 Å². The lowest BCUT2D eigenvalue weighted by molar-refractivity contribution is -0.157. The second-order valence-corrected chi connectivity index (χ2v) is 8.10. The Balaban J connectivity index is 2.58. The van der Waals surface area contributed by atoms with Gasteiger partial charge in [-0.25, -0.2) is 0 Å². The minimum absolute atomic E-state index is 0.0210. The summed E-state index contributed by atoms with van der Waals surface area (Å²) in [5.74, 6) is -1.49. The van der Waals surface area contributed by atoms with E-state index in [1.54, 1.807) is 18.2 Å². The number of hydrogen-bond donors (Lipinski definition) is 0. The van der Waals surface area contributed by atoms with Crippen LogP contribution in [0.1, 0.15) is 44.9 Å². The van der Waals surface area contributed by atoms with Crippen LogP contribution in [0.3, 0.4) is 0 Å². The fourth-order valence-electron chi connectivity index (χ4n) is 3.48. The number of methoxy groups -OCH3 is 3. The second kappa shape index (κ2) is 14.5. The molecule has 2 rings (SSSR count). The Labute approximate surface area is 226 Å². The molecule has 2 aromatic rings. The van der Waals surface area contributed by atoms with Gasteiger partial charge >= 0.3 is 23.9 Å². The molecule has 0 fully saturated rings. The summed E-state index contributed by atoms with van der Waals surface area (Å²) in [7, 11) is 4.15. The minimum atomic E-state index is -1.15. The van der Waals surface area contributed by atoms with Gasteiger partial charge < -0.3 is 37.9 Å². The Kier molecular flexibility index (Phi) is 11.4. The maximum Gasteiger partial charge on any atom is 0.308 e. The number of benzene rings is 2. The number of hydrogen-bond acceptors (Lipinski definition) is 12. The van der Waals surface area contributed by atoms with Gasteiger partial charge in [-0.1, -0.05) is 6.07 Å². The van der Waals surface area contributed by atoms with Crippen LogP contribution in [-0.4, -0.2) is 57.9 Å². The van der Waals surface area contributed by atoms with Crippen molar-refractivity contribution in [3.63, 3.8) is 0 Å². The minimum Gasteiger partial charge on any atom is -0.493 e. The van der Waals surface area contributed by atoms with Gasteiger partial charge in [-0.05, 0) is 29.8 Å². The zero-order chi connectivity index (χ0) is 29.1. The van der Waals surface area contributed by atoms with Crippen LogP contribution < -0.4 is 23.7 Å². The van der Waals surface area contributed by atoms with Crippen LogP contribution in [0.4, 0.5) is 0 Å². The van der Waals surface area contributed by atoms with Crippen molar-refractivity contribution in [2.24, 2.45) is 0 Å². The molecule has 12 heteroatoms. The fourth-order valence-corrected chi connectivity index (χ4v) is 3.48. The largest absolute Gasteiger partial charge is 0.493 e. The van der Waals surface area contributed by atoms with E-state index in [0.717, 1.165) is 0 Å². The summed E-state index contributed by atoms with van der Waals surface area (Å²) in [6, 6.07) is 7.82. The summed E-state index contributed by atoms with van der Waals surface area (Å²) < 4.78 is 43.5. The van der Waals surface area contributed by atoms with Crippen molar-refractivity contribution in [2.75, 3.05) is 27.9 Å². The van der Waals surface area contributed by atoms with Gasteiger partial charge in [0.2, 0.25) is 5.75 Å². The Morgan fingerprint density at radius 2 is 1.28 bits per heavy atom. The van der Waals surface area contributed by atoms with Crippen LogP contribution in [0.5, 0.6) is 28.7 Å². The molecule has 0 radical (unpaired) electrons. The first kappa shape index (κ1) is 30.7. The van der Waals surface area contributed by atoms with Gasteiger partial charge in [-0.3, -0.25) is 19.2 Å². The van der Waals surface area contributed by atoms with Crippen molar-refractivity contribution in [3.05, 3.63) is 41.5 Å². The van der Waals surface area contributed by atoms with Gasteiger partial charge in [0, 0.05) is 33.3 Å². The van der Waals surface area contributed by atoms with Gasteiger partial charge in [0.25, 0.3) is 0 Å². The number of carbonyl (C=O) groups is 4. The SMILES string of the molecule is COc1cc(COC(C)=O)ccc1OC(COC(C)=O)C(OC(C)=O)c1cc(OC)c(OC(C)=O)c(OC)c1. The fraction of sp³-hybridized carbons (Fsp3) is 0.407. The molecule has 0 spiro atoms. The zero-order valence-corrected chi connectivity index (χ0v) is 22.9. The molecule has 0 bridgehead atoms. The quantitative estimate of drug-likeness (QED) is 0.206. The number of carbonyl (C=O) groups excluding carboxylic acids is 4. The smallest absolute Gasteiger partial charge is 0.308 e. The van der Waals surface area contributed by atoms with E-state index < -0.39 is 36.1 Å². The molecule has 0 aliphatic heterocycles. The van der Waals surface area contributed by atoms with Crippen LogP contribution in [0, 0.1) is 0 Å². The molecule has 0 saturated carbocycles. The van der Waals surface area contributed by atoms with E-state index >= 15 is 0 Å². The topological polar surface area (TPSA) is 142 Å². The second-order valence-electron chi connectivity index (χ2n) is 8.10. The van der Waals surface area contributed by atoms with Gasteiger partial charge in [0.15, 0.2) is 35.2 Å². The molecule has 2 unspecified atom stereocenters. The van der Waals surface area contributed by atoms with E-state index in [4.69, 9.17) is 37.9 Å². The molecule has 0 N–H and O–H groups in total. The lowest BCUT2D eigenvalue weighted by Crippen LogP contribution is -2.34. The van der Waals surface area contributed by atoms with Crippen molar-refractivity contribution in [1.82, 2.24) is 0 Å². The summed E-state index contributed by atoms with van der Waals surface area (Å²) in [6.45, 7) is 4.66. The normalized spacial score (nSPS) is 11.9. The van der Waals surface area contributed by atoms with Crippen LogP contribution >= 0.6 is 0 Å². The monoisotopic (exact) mass is 548 g/mol. The van der Waals surface area contributed by atoms with Crippen LogP contribution in [0.15, 0.2) is 30.3 Å². The molecule has 2 aromatic carbocycles. The summed E-state index contributed by atoms with van der Waals surface area (Å²) in [5.41, 5.74) is 0.968. The lowest BCUT2D eigenvalue weighted by atomic mass is 10.0. The molecular formula is C27H32O12. The summed E-state index contributed by atoms with van der Waals surface area (Å²) in [4.78, 5) is 46.6. The first-order chi connectivity index (χ1) is 18.5. The highest BCUT2D eigenvalue weighted by Crippen LogP contribution is 2.42. The first-order valence-electron chi connectivity index (χ1n) is 11.7. The molecule has 0 heterocycles. The Morgan fingerprint density at radius 3 is 1.77 bits per heavy atom. The van der Waals surface area contributed by atoms with Crippen LogP contribution in [-0.2, 0) is 40.0 Å². The van der Waals surface area contributed by atoms with Gasteiger partial charge in [-0.2, -0.15) is 0 Å². The third-order valence-corrected chi connectivity index (χ3v) is 5.09. The van der Waals surface area contributed by atoms with E-state index in [1.165, 1.54) is 61.2 Å². The lowest BCUT2D eigenvalue weighted by Gasteiger charge is -2.29. The van der Waals surface area contributed by atoms with Crippen molar-refractivity contribution in [3.8, 4) is 28.7 Å². The average molecular weight is 549 g/mol. The summed E-state index contributed by atoms with van der Waals surface area (Å²) in [6.07, 6.45) is -2.23. The molecule has 0 saturated heterocycles. The van der Waals surface area contributed by atoms with Crippen molar-refractivity contribution < 1.29 is 57.1 Å². The van der Waals surface area contributed by atoms with Gasteiger partial charge in [0.1, 0.15) is 13.2 Å². The molecule has 0 aromatic heterocycles. The summed E-state index contributed by atoms with van der Waals surface area (Å²) in [5, 5.41) is 0. The third kappa shape index (κ3) is 9.09. The summed E-state index contributed by atoms with van der Waals surface area (Å²) >= 11 is 0. The molecule has 0 aliphatic carbocycles. The Bertz CT molecular complexity index is 1160. The molecular weight excluding hydrogens is 516 g/mol. The van der Waals surface area contributed by atoms with Gasteiger partial charge in [-0.15, -0.1) is 0 Å². The molecule has 0 aliphatic rings. The van der Waals surface area contributed by atoms with Gasteiger partial charge in [0.05, 0.1) is 21.3 Å². The van der Waals surface area contributed by atoms with Crippen LogP contribution in [0.2, 0.25) is 0 Å². The van der Waals surface area contributed by atoms with E-state index in [2.05, 4.69) is 0 Å². The van der Waals surface area contributed by atoms with Crippen molar-refractivity contribution in [1.29, 1.82) is 0 Å². The average Bonchev–Trinajstić information content (AvgIpc) is 2.88. The highest BCUT2D eigenvalue weighted by atomic mass is 16.6. The number of esters is 4. The molecule has 0 amide bonds. The molecule has 212 valence electrons. The molecule has 2 atom stereocenters. The predicted octanol–water partition coefficient (Wildman–Crippen LogP) is 3.32. The number of rotatable bonds is 13. The maximum absolute atomic E-state index is 12.2. The van der Waals surface area contributed by atoms with E-state index in [9.17, 15) is 19.2 Å². The highest BCUT2D eigenvalue weighted by molar-refractivity contribution is 5.72. The molecule has 39 heavy (non-hydrogen) atoms.